The lowest BCUT2D eigenvalue weighted by Crippen LogP contribution is -2.10. The Hall–Kier alpha value is 0.0969. The molecule has 1 heterocycles. The molecule has 0 radical (unpaired) electrons. The van der Waals surface area contributed by atoms with Gasteiger partial charge in [-0.05, 0) is 19.9 Å². The molecule has 72 valence electrons. The molecule has 3 nitrogen and oxygen atoms in total. The van der Waals surface area contributed by atoms with Crippen molar-refractivity contribution in [2.45, 2.75) is 32.1 Å². The van der Waals surface area contributed by atoms with Crippen LogP contribution in [0.25, 0.3) is 0 Å². The highest BCUT2D eigenvalue weighted by Gasteiger charge is 2.21. The normalized spacial score (nSPS) is 22.8. The molecule has 1 fully saturated rings. The van der Waals surface area contributed by atoms with Crippen LogP contribution >= 0.6 is 0 Å². The third kappa shape index (κ3) is 5.71. The minimum atomic E-state index is -0.326. The van der Waals surface area contributed by atoms with E-state index in [2.05, 4.69) is 13.8 Å². The average molecular weight is 190 g/mol. The van der Waals surface area contributed by atoms with E-state index in [1.165, 1.54) is 0 Å². The molecule has 0 aromatic heterocycles. The van der Waals surface area contributed by atoms with Crippen LogP contribution in [0.2, 0.25) is 6.04 Å². The molecule has 1 atom stereocenters. The second-order valence-corrected chi connectivity index (χ2v) is 4.75. The van der Waals surface area contributed by atoms with Crippen LogP contribution in [0.1, 0.15) is 13.8 Å². The summed E-state index contributed by atoms with van der Waals surface area (Å²) in [7, 11) is -0.326. The summed E-state index contributed by atoms with van der Waals surface area (Å²) in [6.45, 7) is 6.66. The molecule has 0 N–H and O–H groups in total. The molecule has 1 aliphatic rings. The van der Waals surface area contributed by atoms with E-state index in [9.17, 15) is 0 Å². The Labute approximate surface area is 76.3 Å². The van der Waals surface area contributed by atoms with Crippen molar-refractivity contribution in [3.05, 3.63) is 0 Å². The topological polar surface area (TPSA) is 31.0 Å². The third-order valence-corrected chi connectivity index (χ3v) is 3.07. The zero-order valence-electron chi connectivity index (χ0n) is 7.91. The molecule has 1 aliphatic heterocycles. The molecule has 0 aliphatic carbocycles. The quantitative estimate of drug-likeness (QED) is 0.329. The molecule has 1 rings (SSSR count). The van der Waals surface area contributed by atoms with Gasteiger partial charge in [0.1, 0.15) is 6.10 Å². The zero-order valence-corrected chi connectivity index (χ0v) is 9.33. The Balaban J connectivity index is 1.70. The number of epoxide rings is 1. The molecule has 0 spiro atoms. The Morgan fingerprint density at radius 3 is 2.92 bits per heavy atom. The predicted octanol–water partition coefficient (Wildman–Crippen LogP) is 0.329. The Morgan fingerprint density at radius 1 is 1.58 bits per heavy atom. The molecule has 1 saturated heterocycles. The van der Waals surface area contributed by atoms with Crippen LogP contribution in [-0.2, 0) is 13.9 Å². The van der Waals surface area contributed by atoms with Gasteiger partial charge in [-0.2, -0.15) is 0 Å². The first kappa shape index (κ1) is 10.2. The number of rotatable bonds is 7. The number of hydrogen-bond donors (Lipinski definition) is 0. The fourth-order valence-corrected chi connectivity index (χ4v) is 1.82. The van der Waals surface area contributed by atoms with Gasteiger partial charge in [-0.25, -0.2) is 0 Å². The molecule has 0 bridgehead atoms. The minimum absolute atomic E-state index is 0.326. The number of ether oxygens (including phenoxy) is 2. The van der Waals surface area contributed by atoms with E-state index in [4.69, 9.17) is 13.9 Å². The van der Waals surface area contributed by atoms with Crippen molar-refractivity contribution in [1.82, 2.24) is 0 Å². The third-order valence-electron chi connectivity index (χ3n) is 1.59. The Morgan fingerprint density at radius 2 is 2.33 bits per heavy atom. The predicted molar refractivity (Wildman–Crippen MR) is 50.1 cm³/mol. The standard InChI is InChI=1S/C8H18O3Si/c1-7(2)11-12-4-3-9-5-8-6-10-8/h7-8H,3-6,12H2,1-2H3. The van der Waals surface area contributed by atoms with Crippen molar-refractivity contribution in [3.8, 4) is 0 Å². The summed E-state index contributed by atoms with van der Waals surface area (Å²) in [4.78, 5) is 0. The van der Waals surface area contributed by atoms with Crippen LogP contribution in [0.15, 0.2) is 0 Å². The van der Waals surface area contributed by atoms with Gasteiger partial charge in [0.25, 0.3) is 0 Å². The van der Waals surface area contributed by atoms with Crippen molar-refractivity contribution < 1.29 is 13.9 Å². The van der Waals surface area contributed by atoms with Crippen LogP contribution in [0, 0.1) is 0 Å². The highest BCUT2D eigenvalue weighted by atomic mass is 28.2. The second-order valence-electron chi connectivity index (χ2n) is 3.30. The second kappa shape index (κ2) is 5.69. The van der Waals surface area contributed by atoms with E-state index in [-0.39, 0.29) is 9.76 Å². The summed E-state index contributed by atoms with van der Waals surface area (Å²) < 4.78 is 15.9. The molecule has 0 aromatic carbocycles. The van der Waals surface area contributed by atoms with E-state index < -0.39 is 0 Å². The SMILES string of the molecule is CC(C)O[SiH2]CCOCC1CO1. The summed E-state index contributed by atoms with van der Waals surface area (Å²) in [5.74, 6) is 0. The van der Waals surface area contributed by atoms with Crippen LogP contribution in [0.5, 0.6) is 0 Å². The van der Waals surface area contributed by atoms with Crippen LogP contribution < -0.4 is 0 Å². The molecular weight excluding hydrogens is 172 g/mol. The van der Waals surface area contributed by atoms with Gasteiger partial charge in [-0.1, -0.05) is 0 Å². The number of hydrogen-bond acceptors (Lipinski definition) is 3. The Kier molecular flexibility index (Phi) is 4.83. The van der Waals surface area contributed by atoms with E-state index in [0.717, 1.165) is 25.9 Å². The summed E-state index contributed by atoms with van der Waals surface area (Å²) in [5, 5.41) is 0. The lowest BCUT2D eigenvalue weighted by molar-refractivity contribution is 0.125. The first-order chi connectivity index (χ1) is 5.79. The lowest BCUT2D eigenvalue weighted by atomic mass is 10.5. The van der Waals surface area contributed by atoms with Gasteiger partial charge >= 0.3 is 0 Å². The summed E-state index contributed by atoms with van der Waals surface area (Å²) in [6, 6.07) is 1.12. The molecule has 0 amide bonds. The smallest absolute Gasteiger partial charge is 0.164 e. The molecule has 4 heteroatoms. The van der Waals surface area contributed by atoms with E-state index in [0.29, 0.717) is 12.2 Å². The van der Waals surface area contributed by atoms with Crippen molar-refractivity contribution in [3.63, 3.8) is 0 Å². The molecular formula is C8H18O3Si. The van der Waals surface area contributed by atoms with Crippen molar-refractivity contribution >= 4 is 9.76 Å². The highest BCUT2D eigenvalue weighted by molar-refractivity contribution is 6.27. The monoisotopic (exact) mass is 190 g/mol. The van der Waals surface area contributed by atoms with E-state index in [1.54, 1.807) is 0 Å². The van der Waals surface area contributed by atoms with Gasteiger partial charge in [0.05, 0.1) is 13.2 Å². The zero-order chi connectivity index (χ0) is 8.81. The fourth-order valence-electron chi connectivity index (χ4n) is 0.859. The molecule has 12 heavy (non-hydrogen) atoms. The van der Waals surface area contributed by atoms with Gasteiger partial charge in [0.15, 0.2) is 9.76 Å². The summed E-state index contributed by atoms with van der Waals surface area (Å²) in [5.41, 5.74) is 0. The summed E-state index contributed by atoms with van der Waals surface area (Å²) >= 11 is 0. The lowest BCUT2D eigenvalue weighted by Gasteiger charge is -2.06. The van der Waals surface area contributed by atoms with E-state index >= 15 is 0 Å². The average Bonchev–Trinajstić information content (AvgIpc) is 2.79. The molecule has 1 unspecified atom stereocenters. The maximum absolute atomic E-state index is 5.49. The van der Waals surface area contributed by atoms with Crippen LogP contribution in [0.3, 0.4) is 0 Å². The minimum Gasteiger partial charge on any atom is -0.422 e. The molecule has 0 aromatic rings. The van der Waals surface area contributed by atoms with Crippen molar-refractivity contribution in [2.75, 3.05) is 19.8 Å². The highest BCUT2D eigenvalue weighted by Crippen LogP contribution is 2.08. The van der Waals surface area contributed by atoms with Gasteiger partial charge in [-0.15, -0.1) is 0 Å². The molecule has 0 saturated carbocycles. The van der Waals surface area contributed by atoms with Gasteiger partial charge < -0.3 is 13.9 Å². The van der Waals surface area contributed by atoms with Crippen molar-refractivity contribution in [1.29, 1.82) is 0 Å². The van der Waals surface area contributed by atoms with Gasteiger partial charge in [0.2, 0.25) is 0 Å². The maximum atomic E-state index is 5.49. The van der Waals surface area contributed by atoms with Crippen LogP contribution in [-0.4, -0.2) is 41.8 Å². The van der Waals surface area contributed by atoms with Gasteiger partial charge in [0, 0.05) is 12.7 Å². The first-order valence-electron chi connectivity index (χ1n) is 4.60. The Bertz CT molecular complexity index is 109. The fraction of sp³-hybridized carbons (Fsp3) is 1.00. The first-order valence-corrected chi connectivity index (χ1v) is 6.17. The van der Waals surface area contributed by atoms with E-state index in [1.807, 2.05) is 0 Å². The van der Waals surface area contributed by atoms with Gasteiger partial charge in [-0.3, -0.25) is 0 Å². The van der Waals surface area contributed by atoms with Crippen molar-refractivity contribution in [2.24, 2.45) is 0 Å². The van der Waals surface area contributed by atoms with Crippen LogP contribution in [0.4, 0.5) is 0 Å². The summed E-state index contributed by atoms with van der Waals surface area (Å²) in [6.07, 6.45) is 0.793. The maximum Gasteiger partial charge on any atom is 0.164 e. The largest absolute Gasteiger partial charge is 0.422 e.